The molecule has 1 rings (SSSR count). The first-order chi connectivity index (χ1) is 10.3. The average molecular weight is 309 g/mol. The van der Waals surface area contributed by atoms with Crippen LogP contribution in [0.15, 0.2) is 6.07 Å². The van der Waals surface area contributed by atoms with Crippen molar-refractivity contribution in [3.8, 4) is 0 Å². The summed E-state index contributed by atoms with van der Waals surface area (Å²) in [7, 11) is 0. The summed E-state index contributed by atoms with van der Waals surface area (Å²) < 4.78 is 1.72. The van der Waals surface area contributed by atoms with Gasteiger partial charge in [-0.1, -0.05) is 27.7 Å². The maximum Gasteiger partial charge on any atom is 0.326 e. The van der Waals surface area contributed by atoms with Gasteiger partial charge in [0.25, 0.3) is 5.91 Å². The number of carbonyl (C=O) groups is 2. The molecule has 0 unspecified atom stereocenters. The van der Waals surface area contributed by atoms with Crippen molar-refractivity contribution < 1.29 is 14.7 Å². The predicted molar refractivity (Wildman–Crippen MR) is 84.9 cm³/mol. The summed E-state index contributed by atoms with van der Waals surface area (Å²) in [6.07, 6.45) is 2.14. The zero-order chi connectivity index (χ0) is 16.9. The van der Waals surface area contributed by atoms with Crippen molar-refractivity contribution in [3.05, 3.63) is 17.5 Å². The first-order valence-electron chi connectivity index (χ1n) is 7.89. The number of carboxylic acid groups (broad SMARTS) is 1. The van der Waals surface area contributed by atoms with Gasteiger partial charge in [0.05, 0.1) is 11.7 Å². The summed E-state index contributed by atoms with van der Waals surface area (Å²) in [5.74, 6) is -1.19. The minimum absolute atomic E-state index is 0.142. The summed E-state index contributed by atoms with van der Waals surface area (Å²) in [6, 6.07) is 0.975. The zero-order valence-corrected chi connectivity index (χ0v) is 14.1. The molecule has 0 aromatic carbocycles. The number of carboxylic acids is 1. The fourth-order valence-corrected chi connectivity index (χ4v) is 2.52. The molecular weight excluding hydrogens is 282 g/mol. The Balaban J connectivity index is 2.99. The van der Waals surface area contributed by atoms with Crippen LogP contribution in [0.25, 0.3) is 0 Å². The Morgan fingerprint density at radius 1 is 1.32 bits per heavy atom. The van der Waals surface area contributed by atoms with Gasteiger partial charge < -0.3 is 10.4 Å². The van der Waals surface area contributed by atoms with Gasteiger partial charge in [-0.15, -0.1) is 0 Å². The molecule has 0 aliphatic heterocycles. The molecular formula is C16H27N3O3. The Morgan fingerprint density at radius 2 is 1.91 bits per heavy atom. The highest BCUT2D eigenvalue weighted by Crippen LogP contribution is 2.18. The minimum atomic E-state index is -1.01. The number of hydrogen-bond donors (Lipinski definition) is 2. The molecule has 1 aromatic rings. The molecule has 6 nitrogen and oxygen atoms in total. The number of aromatic nitrogens is 2. The van der Waals surface area contributed by atoms with Crippen molar-refractivity contribution in [3.63, 3.8) is 0 Å². The van der Waals surface area contributed by atoms with Gasteiger partial charge in [0, 0.05) is 0 Å². The van der Waals surface area contributed by atoms with E-state index in [0.29, 0.717) is 12.1 Å². The van der Waals surface area contributed by atoms with E-state index in [2.05, 4.69) is 10.4 Å². The molecule has 1 amide bonds. The number of aryl methyl sites for hydroxylation is 1. The Labute approximate surface area is 131 Å². The topological polar surface area (TPSA) is 84.2 Å². The van der Waals surface area contributed by atoms with E-state index in [4.69, 9.17) is 0 Å². The molecule has 22 heavy (non-hydrogen) atoms. The lowest BCUT2D eigenvalue weighted by Gasteiger charge is -2.19. The fourth-order valence-electron chi connectivity index (χ4n) is 2.52. The second-order valence-electron chi connectivity index (χ2n) is 6.08. The van der Waals surface area contributed by atoms with E-state index in [0.717, 1.165) is 18.5 Å². The first kappa shape index (κ1) is 18.2. The molecule has 0 radical (unpaired) electrons. The van der Waals surface area contributed by atoms with Crippen LogP contribution in [0, 0.1) is 12.8 Å². The average Bonchev–Trinajstić information content (AvgIpc) is 2.81. The molecule has 2 N–H and O–H groups in total. The second-order valence-corrected chi connectivity index (χ2v) is 6.08. The number of carbonyl (C=O) groups excluding carboxylic acids is 1. The lowest BCUT2D eigenvalue weighted by atomic mass is 10.0. The van der Waals surface area contributed by atoms with Crippen molar-refractivity contribution in [2.45, 2.75) is 66.0 Å². The van der Waals surface area contributed by atoms with Gasteiger partial charge in [-0.25, -0.2) is 4.79 Å². The molecule has 1 atom stereocenters. The van der Waals surface area contributed by atoms with Crippen LogP contribution < -0.4 is 5.32 Å². The molecule has 0 spiro atoms. The largest absolute Gasteiger partial charge is 0.480 e. The predicted octanol–water partition coefficient (Wildman–Crippen LogP) is 2.78. The van der Waals surface area contributed by atoms with Crippen LogP contribution in [-0.4, -0.2) is 32.8 Å². The van der Waals surface area contributed by atoms with Crippen LogP contribution in [0.3, 0.4) is 0 Å². The Bertz CT molecular complexity index is 519. The molecule has 0 saturated carbocycles. The molecule has 6 heteroatoms. The van der Waals surface area contributed by atoms with Gasteiger partial charge in [-0.05, 0) is 38.2 Å². The normalized spacial score (nSPS) is 12.7. The monoisotopic (exact) mass is 309 g/mol. The molecule has 0 bridgehead atoms. The van der Waals surface area contributed by atoms with E-state index >= 15 is 0 Å². The van der Waals surface area contributed by atoms with Crippen LogP contribution in [0.1, 0.15) is 69.2 Å². The van der Waals surface area contributed by atoms with Crippen molar-refractivity contribution in [2.75, 3.05) is 0 Å². The van der Waals surface area contributed by atoms with Gasteiger partial charge in [-0.3, -0.25) is 9.48 Å². The SMILES string of the molecule is CCC(CC)n1nc(C)cc1C(=O)N[C@@H](CC(C)C)C(=O)O. The molecule has 0 saturated heterocycles. The number of hydrogen-bond acceptors (Lipinski definition) is 3. The Kier molecular flexibility index (Phi) is 6.59. The summed E-state index contributed by atoms with van der Waals surface area (Å²) in [5, 5.41) is 16.3. The van der Waals surface area contributed by atoms with Crippen molar-refractivity contribution in [1.82, 2.24) is 15.1 Å². The van der Waals surface area contributed by atoms with Crippen LogP contribution in [0.2, 0.25) is 0 Å². The van der Waals surface area contributed by atoms with Crippen LogP contribution in [0.4, 0.5) is 0 Å². The van der Waals surface area contributed by atoms with Crippen LogP contribution in [-0.2, 0) is 4.79 Å². The Morgan fingerprint density at radius 3 is 2.36 bits per heavy atom. The van der Waals surface area contributed by atoms with Crippen LogP contribution >= 0.6 is 0 Å². The summed E-state index contributed by atoms with van der Waals surface area (Å²) >= 11 is 0. The highest BCUT2D eigenvalue weighted by molar-refractivity contribution is 5.95. The minimum Gasteiger partial charge on any atom is -0.480 e. The Hall–Kier alpha value is -1.85. The van der Waals surface area contributed by atoms with E-state index in [1.807, 2.05) is 34.6 Å². The zero-order valence-electron chi connectivity index (χ0n) is 14.1. The van der Waals surface area contributed by atoms with E-state index in [-0.39, 0.29) is 17.9 Å². The summed E-state index contributed by atoms with van der Waals surface area (Å²) in [6.45, 7) is 9.79. The third kappa shape index (κ3) is 4.58. The molecule has 0 aliphatic rings. The second kappa shape index (κ2) is 7.96. The lowest BCUT2D eigenvalue weighted by Crippen LogP contribution is -2.42. The highest BCUT2D eigenvalue weighted by atomic mass is 16.4. The quantitative estimate of drug-likeness (QED) is 0.773. The van der Waals surface area contributed by atoms with Gasteiger partial charge in [0.15, 0.2) is 0 Å². The van der Waals surface area contributed by atoms with E-state index in [1.165, 1.54) is 0 Å². The standard InChI is InChI=1S/C16H27N3O3/c1-6-12(7-2)19-14(9-11(5)18-19)15(20)17-13(16(21)22)8-10(3)4/h9-10,12-13H,6-8H2,1-5H3,(H,17,20)(H,21,22)/t13-/m0/s1. The molecule has 0 aliphatic carbocycles. The number of aliphatic carboxylic acids is 1. The lowest BCUT2D eigenvalue weighted by molar-refractivity contribution is -0.139. The third-order valence-corrected chi connectivity index (χ3v) is 3.69. The third-order valence-electron chi connectivity index (χ3n) is 3.69. The van der Waals surface area contributed by atoms with E-state index < -0.39 is 12.0 Å². The number of nitrogens with one attached hydrogen (secondary N) is 1. The van der Waals surface area contributed by atoms with Gasteiger partial charge in [-0.2, -0.15) is 5.10 Å². The smallest absolute Gasteiger partial charge is 0.326 e. The molecule has 0 fully saturated rings. The molecule has 1 aromatic heterocycles. The van der Waals surface area contributed by atoms with Crippen LogP contribution in [0.5, 0.6) is 0 Å². The summed E-state index contributed by atoms with van der Waals surface area (Å²) in [5.41, 5.74) is 1.19. The van der Waals surface area contributed by atoms with Crippen molar-refractivity contribution in [1.29, 1.82) is 0 Å². The van der Waals surface area contributed by atoms with E-state index in [1.54, 1.807) is 10.7 Å². The maximum absolute atomic E-state index is 12.5. The molecule has 1 heterocycles. The first-order valence-corrected chi connectivity index (χ1v) is 7.89. The van der Waals surface area contributed by atoms with Gasteiger partial charge in [0.1, 0.15) is 11.7 Å². The molecule has 124 valence electrons. The van der Waals surface area contributed by atoms with Gasteiger partial charge in [0.2, 0.25) is 0 Å². The van der Waals surface area contributed by atoms with Crippen molar-refractivity contribution in [2.24, 2.45) is 5.92 Å². The van der Waals surface area contributed by atoms with Gasteiger partial charge >= 0.3 is 5.97 Å². The summed E-state index contributed by atoms with van der Waals surface area (Å²) in [4.78, 5) is 23.8. The number of nitrogens with zero attached hydrogens (tertiary/aromatic N) is 2. The van der Waals surface area contributed by atoms with E-state index in [9.17, 15) is 14.7 Å². The number of amides is 1. The number of rotatable bonds is 8. The van der Waals surface area contributed by atoms with Crippen molar-refractivity contribution >= 4 is 11.9 Å². The maximum atomic E-state index is 12.5. The highest BCUT2D eigenvalue weighted by Gasteiger charge is 2.25. The fraction of sp³-hybridized carbons (Fsp3) is 0.688.